The number of aldehydes is 1. The maximum absolute atomic E-state index is 11.6. The SMILES string of the molecule is CC(C)(C)OC(=O)NCC(O)c1ccc2c(c1)COC(C)(C)O2.CC(C)(C)OC(=O)NCC=O.CC1(C)OCc2cc(Br)ccc2O1. The summed E-state index contributed by atoms with van der Waals surface area (Å²) in [6, 6.07) is 11.4. The minimum Gasteiger partial charge on any atom is -0.463 e. The van der Waals surface area contributed by atoms with Crippen molar-refractivity contribution in [1.29, 1.82) is 0 Å². The molecule has 0 fully saturated rings. The van der Waals surface area contributed by atoms with E-state index >= 15 is 0 Å². The highest BCUT2D eigenvalue weighted by atomic mass is 79.9. The molecule has 0 radical (unpaired) electrons. The predicted molar refractivity (Wildman–Crippen MR) is 179 cm³/mol. The van der Waals surface area contributed by atoms with Gasteiger partial charge in [0.05, 0.1) is 32.4 Å². The van der Waals surface area contributed by atoms with E-state index in [9.17, 15) is 19.5 Å². The van der Waals surface area contributed by atoms with Crippen molar-refractivity contribution in [3.8, 4) is 11.5 Å². The summed E-state index contributed by atoms with van der Waals surface area (Å²) in [6.07, 6.45) is -1.35. The van der Waals surface area contributed by atoms with Gasteiger partial charge >= 0.3 is 12.2 Å². The van der Waals surface area contributed by atoms with Crippen LogP contribution in [0.3, 0.4) is 0 Å². The first-order valence-electron chi connectivity index (χ1n) is 15.2. The minimum atomic E-state index is -0.831. The van der Waals surface area contributed by atoms with E-state index in [1.807, 2.05) is 58.0 Å². The zero-order valence-electron chi connectivity index (χ0n) is 28.9. The summed E-state index contributed by atoms with van der Waals surface area (Å²) >= 11 is 3.41. The number of carbonyl (C=O) groups excluding carboxylic acids is 3. The summed E-state index contributed by atoms with van der Waals surface area (Å²) in [4.78, 5) is 32.1. The summed E-state index contributed by atoms with van der Waals surface area (Å²) < 4.78 is 33.5. The van der Waals surface area contributed by atoms with Gasteiger partial charge in [0.25, 0.3) is 0 Å². The van der Waals surface area contributed by atoms with E-state index in [1.54, 1.807) is 47.6 Å². The van der Waals surface area contributed by atoms with E-state index in [0.717, 1.165) is 27.1 Å². The number of hydrogen-bond acceptors (Lipinski definition) is 10. The number of halogens is 1. The molecule has 262 valence electrons. The largest absolute Gasteiger partial charge is 0.463 e. The Labute approximate surface area is 285 Å². The number of amides is 2. The predicted octanol–water partition coefficient (Wildman–Crippen LogP) is 6.69. The van der Waals surface area contributed by atoms with Gasteiger partial charge in [-0.15, -0.1) is 0 Å². The van der Waals surface area contributed by atoms with E-state index in [1.165, 1.54) is 0 Å². The molecule has 4 rings (SSSR count). The van der Waals surface area contributed by atoms with Crippen LogP contribution in [-0.4, -0.2) is 59.4 Å². The van der Waals surface area contributed by atoms with Crippen molar-refractivity contribution in [2.24, 2.45) is 0 Å². The van der Waals surface area contributed by atoms with Crippen LogP contribution in [0.15, 0.2) is 40.9 Å². The third kappa shape index (κ3) is 15.4. The molecule has 2 aromatic carbocycles. The molecule has 2 heterocycles. The molecule has 0 bridgehead atoms. The van der Waals surface area contributed by atoms with E-state index in [-0.39, 0.29) is 13.1 Å². The number of alkyl carbamates (subject to hydrolysis) is 2. The molecule has 47 heavy (non-hydrogen) atoms. The topological polar surface area (TPSA) is 151 Å². The maximum atomic E-state index is 11.6. The zero-order chi connectivity index (χ0) is 35.6. The van der Waals surface area contributed by atoms with Crippen LogP contribution in [0.4, 0.5) is 9.59 Å². The second-order valence-corrected chi connectivity index (χ2v) is 14.6. The van der Waals surface area contributed by atoms with Crippen LogP contribution in [0.1, 0.15) is 92.0 Å². The number of rotatable bonds is 5. The highest BCUT2D eigenvalue weighted by Crippen LogP contribution is 2.34. The lowest BCUT2D eigenvalue weighted by molar-refractivity contribution is -0.180. The van der Waals surface area contributed by atoms with Crippen molar-refractivity contribution in [2.75, 3.05) is 13.1 Å². The molecule has 0 spiro atoms. The first-order valence-corrected chi connectivity index (χ1v) is 16.0. The van der Waals surface area contributed by atoms with Crippen LogP contribution in [0.25, 0.3) is 0 Å². The molecule has 2 aliphatic rings. The molecule has 1 unspecified atom stereocenters. The van der Waals surface area contributed by atoms with Crippen molar-refractivity contribution in [1.82, 2.24) is 10.6 Å². The molecule has 2 amide bonds. The number of nitrogens with one attached hydrogen (secondary N) is 2. The number of carbonyl (C=O) groups is 3. The Balaban J connectivity index is 0.000000270. The average Bonchev–Trinajstić information content (AvgIpc) is 2.93. The number of fused-ring (bicyclic) bond motifs is 2. The smallest absolute Gasteiger partial charge is 0.408 e. The fourth-order valence-electron chi connectivity index (χ4n) is 3.92. The molecule has 0 saturated carbocycles. The summed E-state index contributed by atoms with van der Waals surface area (Å²) in [5, 5.41) is 15.0. The molecule has 12 nitrogen and oxygen atoms in total. The zero-order valence-corrected chi connectivity index (χ0v) is 30.5. The number of benzene rings is 2. The fraction of sp³-hybridized carbons (Fsp3) is 0.559. The highest BCUT2D eigenvalue weighted by Gasteiger charge is 2.28. The first-order chi connectivity index (χ1) is 21.6. The van der Waals surface area contributed by atoms with E-state index in [2.05, 4.69) is 26.6 Å². The van der Waals surface area contributed by atoms with E-state index in [4.69, 9.17) is 28.4 Å². The number of aliphatic hydroxyl groups excluding tert-OH is 1. The number of aliphatic hydroxyl groups is 1. The second-order valence-electron chi connectivity index (χ2n) is 13.6. The van der Waals surface area contributed by atoms with Gasteiger partial charge in [0, 0.05) is 43.3 Å². The molecule has 1 atom stereocenters. The molecular weight excluding hydrogens is 676 g/mol. The van der Waals surface area contributed by atoms with Gasteiger partial charge in [-0.05, 0) is 77.4 Å². The lowest BCUT2D eigenvalue weighted by Gasteiger charge is -2.33. The fourth-order valence-corrected chi connectivity index (χ4v) is 4.33. The monoisotopic (exact) mass is 724 g/mol. The minimum absolute atomic E-state index is 0.00505. The average molecular weight is 726 g/mol. The van der Waals surface area contributed by atoms with Gasteiger partial charge in [-0.25, -0.2) is 9.59 Å². The van der Waals surface area contributed by atoms with E-state index < -0.39 is 41.1 Å². The van der Waals surface area contributed by atoms with Crippen LogP contribution in [-0.2, 0) is 37.0 Å². The molecule has 13 heteroatoms. The normalized spacial score (nSPS) is 16.3. The summed E-state index contributed by atoms with van der Waals surface area (Å²) in [5.41, 5.74) is 1.58. The van der Waals surface area contributed by atoms with Gasteiger partial charge in [0.2, 0.25) is 11.6 Å². The van der Waals surface area contributed by atoms with Crippen molar-refractivity contribution in [2.45, 2.75) is 111 Å². The van der Waals surface area contributed by atoms with Crippen LogP contribution >= 0.6 is 15.9 Å². The lowest BCUT2D eigenvalue weighted by Crippen LogP contribution is -2.36. The quantitative estimate of drug-likeness (QED) is 0.285. The van der Waals surface area contributed by atoms with Gasteiger partial charge in [0.15, 0.2) is 0 Å². The first kappa shape index (κ1) is 39.8. The van der Waals surface area contributed by atoms with Crippen molar-refractivity contribution in [3.63, 3.8) is 0 Å². The van der Waals surface area contributed by atoms with Crippen LogP contribution < -0.4 is 20.1 Å². The van der Waals surface area contributed by atoms with Crippen molar-refractivity contribution in [3.05, 3.63) is 57.6 Å². The van der Waals surface area contributed by atoms with Gasteiger partial charge < -0.3 is 49.0 Å². The van der Waals surface area contributed by atoms with Crippen LogP contribution in [0.2, 0.25) is 0 Å². The molecule has 2 aromatic rings. The number of hydrogen-bond donors (Lipinski definition) is 3. The van der Waals surface area contributed by atoms with Gasteiger partial charge in [-0.3, -0.25) is 0 Å². The Morgan fingerprint density at radius 1 is 0.851 bits per heavy atom. The molecule has 2 aliphatic heterocycles. The Morgan fingerprint density at radius 3 is 1.81 bits per heavy atom. The Bertz CT molecular complexity index is 1370. The van der Waals surface area contributed by atoms with Gasteiger partial charge in [0.1, 0.15) is 29.0 Å². The summed E-state index contributed by atoms with van der Waals surface area (Å²) in [7, 11) is 0. The van der Waals surface area contributed by atoms with Gasteiger partial charge in [-0.1, -0.05) is 22.0 Å². The lowest BCUT2D eigenvalue weighted by atomic mass is 10.0. The maximum Gasteiger partial charge on any atom is 0.408 e. The molecule has 0 aliphatic carbocycles. The number of ether oxygens (including phenoxy) is 6. The Morgan fingerprint density at radius 2 is 1.32 bits per heavy atom. The standard InChI is InChI=1S/C17H25NO5.C10H11BrO2.C7H13NO3/c1-16(2,3)23-15(20)18-9-13(19)11-6-7-14-12(8-11)10-21-17(4,5)22-14;1-10(2)12-6-7-5-8(11)3-4-9(7)13-10;1-7(2,3)11-6(10)8-4-5-9/h6-8,13,19H,9-10H2,1-5H3,(H,18,20);3-5H,6H2,1-2H3;5H,4H2,1-3H3,(H,8,10). The van der Waals surface area contributed by atoms with Crippen molar-refractivity contribution >= 4 is 34.4 Å². The van der Waals surface area contributed by atoms with E-state index in [0.29, 0.717) is 25.1 Å². The third-order valence-corrected chi connectivity index (χ3v) is 6.41. The third-order valence-electron chi connectivity index (χ3n) is 5.92. The summed E-state index contributed by atoms with van der Waals surface area (Å²) in [5.74, 6) is 0.517. The van der Waals surface area contributed by atoms with Crippen LogP contribution in [0.5, 0.6) is 11.5 Å². The molecule has 0 saturated heterocycles. The molecule has 0 aromatic heterocycles. The second kappa shape index (κ2) is 16.6. The Hall–Kier alpha value is -3.39. The Kier molecular flexibility index (Phi) is 14.1. The molecular formula is C34H49BrN2O10. The van der Waals surface area contributed by atoms with Crippen molar-refractivity contribution < 1.29 is 47.9 Å². The van der Waals surface area contributed by atoms with Crippen LogP contribution in [0, 0.1) is 0 Å². The highest BCUT2D eigenvalue weighted by molar-refractivity contribution is 9.10. The molecule has 3 N–H and O–H groups in total. The van der Waals surface area contributed by atoms with Gasteiger partial charge in [-0.2, -0.15) is 0 Å². The summed E-state index contributed by atoms with van der Waals surface area (Å²) in [6.45, 7) is 19.3.